The zero-order valence-electron chi connectivity index (χ0n) is 10.1. The molecule has 0 aliphatic rings. The standard InChI is InChI=1S/C14H16N2O/c1-9(2)13(15)14(17)12-8-16-7-10-5-3-4-6-11(10)12/h3-9,13H,15H2,1-2H3. The summed E-state index contributed by atoms with van der Waals surface area (Å²) in [5.41, 5.74) is 6.52. The van der Waals surface area contributed by atoms with Crippen LogP contribution in [-0.4, -0.2) is 16.8 Å². The Hall–Kier alpha value is -1.74. The Morgan fingerprint density at radius 1 is 1.24 bits per heavy atom. The Balaban J connectivity index is 2.52. The van der Waals surface area contributed by atoms with Gasteiger partial charge in [-0.3, -0.25) is 9.78 Å². The van der Waals surface area contributed by atoms with Crippen LogP contribution < -0.4 is 5.73 Å². The molecule has 0 bridgehead atoms. The van der Waals surface area contributed by atoms with Crippen molar-refractivity contribution in [1.82, 2.24) is 4.98 Å². The van der Waals surface area contributed by atoms with Gasteiger partial charge in [0.2, 0.25) is 0 Å². The maximum atomic E-state index is 12.2. The number of pyridine rings is 1. The molecule has 1 heterocycles. The summed E-state index contributed by atoms with van der Waals surface area (Å²) in [4.78, 5) is 16.3. The van der Waals surface area contributed by atoms with Crippen LogP contribution in [0.2, 0.25) is 0 Å². The van der Waals surface area contributed by atoms with Gasteiger partial charge in [-0.05, 0) is 11.3 Å². The number of nitrogens with two attached hydrogens (primary N) is 1. The van der Waals surface area contributed by atoms with E-state index in [0.717, 1.165) is 10.8 Å². The third-order valence-corrected chi connectivity index (χ3v) is 2.95. The van der Waals surface area contributed by atoms with Crippen molar-refractivity contribution in [2.24, 2.45) is 11.7 Å². The Morgan fingerprint density at radius 2 is 1.94 bits per heavy atom. The fourth-order valence-electron chi connectivity index (χ4n) is 1.80. The number of ketones is 1. The van der Waals surface area contributed by atoms with E-state index in [1.807, 2.05) is 38.1 Å². The van der Waals surface area contributed by atoms with Gasteiger partial charge in [-0.2, -0.15) is 0 Å². The van der Waals surface area contributed by atoms with Crippen molar-refractivity contribution in [1.29, 1.82) is 0 Å². The summed E-state index contributed by atoms with van der Waals surface area (Å²) < 4.78 is 0. The number of fused-ring (bicyclic) bond motifs is 1. The minimum atomic E-state index is -0.470. The number of carbonyl (C=O) groups excluding carboxylic acids is 1. The fraction of sp³-hybridized carbons (Fsp3) is 0.286. The number of rotatable bonds is 3. The second-order valence-electron chi connectivity index (χ2n) is 4.54. The number of aromatic nitrogens is 1. The summed E-state index contributed by atoms with van der Waals surface area (Å²) in [6.07, 6.45) is 3.36. The molecule has 1 unspecified atom stereocenters. The predicted molar refractivity (Wildman–Crippen MR) is 68.9 cm³/mol. The lowest BCUT2D eigenvalue weighted by Gasteiger charge is -2.15. The highest BCUT2D eigenvalue weighted by Gasteiger charge is 2.20. The van der Waals surface area contributed by atoms with Gasteiger partial charge in [0.15, 0.2) is 5.78 Å². The van der Waals surface area contributed by atoms with Gasteiger partial charge in [0.25, 0.3) is 0 Å². The van der Waals surface area contributed by atoms with E-state index in [-0.39, 0.29) is 11.7 Å². The highest BCUT2D eigenvalue weighted by atomic mass is 16.1. The van der Waals surface area contributed by atoms with Crippen LogP contribution in [0, 0.1) is 5.92 Å². The van der Waals surface area contributed by atoms with E-state index in [2.05, 4.69) is 4.98 Å². The molecule has 0 spiro atoms. The van der Waals surface area contributed by atoms with Crippen molar-refractivity contribution in [2.75, 3.05) is 0 Å². The molecule has 0 aliphatic carbocycles. The first-order chi connectivity index (χ1) is 8.11. The van der Waals surface area contributed by atoms with Gasteiger partial charge in [-0.25, -0.2) is 0 Å². The zero-order valence-corrected chi connectivity index (χ0v) is 10.1. The summed E-state index contributed by atoms with van der Waals surface area (Å²) in [5, 5.41) is 1.89. The zero-order chi connectivity index (χ0) is 12.4. The molecule has 2 rings (SSSR count). The molecule has 0 radical (unpaired) electrons. The Kier molecular flexibility index (Phi) is 3.20. The van der Waals surface area contributed by atoms with Crippen LogP contribution >= 0.6 is 0 Å². The number of hydrogen-bond donors (Lipinski definition) is 1. The minimum absolute atomic E-state index is 0.0377. The van der Waals surface area contributed by atoms with Crippen molar-refractivity contribution in [3.63, 3.8) is 0 Å². The van der Waals surface area contributed by atoms with Crippen molar-refractivity contribution in [2.45, 2.75) is 19.9 Å². The number of hydrogen-bond acceptors (Lipinski definition) is 3. The average Bonchev–Trinajstić information content (AvgIpc) is 2.36. The topological polar surface area (TPSA) is 56.0 Å². The lowest BCUT2D eigenvalue weighted by atomic mass is 9.94. The minimum Gasteiger partial charge on any atom is -0.321 e. The highest BCUT2D eigenvalue weighted by Crippen LogP contribution is 2.19. The first kappa shape index (κ1) is 11.7. The number of carbonyl (C=O) groups is 1. The van der Waals surface area contributed by atoms with Crippen LogP contribution in [0.25, 0.3) is 10.8 Å². The second kappa shape index (κ2) is 4.63. The summed E-state index contributed by atoms with van der Waals surface area (Å²) in [6, 6.07) is 7.25. The summed E-state index contributed by atoms with van der Waals surface area (Å²) >= 11 is 0. The summed E-state index contributed by atoms with van der Waals surface area (Å²) in [7, 11) is 0. The fourth-order valence-corrected chi connectivity index (χ4v) is 1.80. The van der Waals surface area contributed by atoms with Gasteiger partial charge < -0.3 is 5.73 Å². The first-order valence-corrected chi connectivity index (χ1v) is 5.74. The van der Waals surface area contributed by atoms with Crippen LogP contribution in [-0.2, 0) is 0 Å². The summed E-state index contributed by atoms with van der Waals surface area (Å²) in [6.45, 7) is 3.89. The molecular weight excluding hydrogens is 212 g/mol. The molecule has 17 heavy (non-hydrogen) atoms. The number of Topliss-reactive ketones (excluding diaryl/α,β-unsaturated/α-hetero) is 1. The quantitative estimate of drug-likeness (QED) is 0.821. The molecule has 1 aromatic heterocycles. The maximum absolute atomic E-state index is 12.2. The average molecular weight is 228 g/mol. The highest BCUT2D eigenvalue weighted by molar-refractivity contribution is 6.10. The van der Waals surface area contributed by atoms with E-state index in [0.29, 0.717) is 5.56 Å². The predicted octanol–water partition coefficient (Wildman–Crippen LogP) is 2.40. The normalized spacial score (nSPS) is 12.9. The Bertz CT molecular complexity index is 543. The molecule has 1 atom stereocenters. The molecule has 3 heteroatoms. The van der Waals surface area contributed by atoms with E-state index in [1.54, 1.807) is 12.4 Å². The lowest BCUT2D eigenvalue weighted by Crippen LogP contribution is -2.35. The smallest absolute Gasteiger partial charge is 0.181 e. The molecule has 2 aromatic rings. The van der Waals surface area contributed by atoms with Gasteiger partial charge in [0, 0.05) is 23.3 Å². The number of benzene rings is 1. The van der Waals surface area contributed by atoms with Gasteiger partial charge in [0.05, 0.1) is 6.04 Å². The lowest BCUT2D eigenvalue weighted by molar-refractivity contribution is 0.0942. The van der Waals surface area contributed by atoms with Crippen molar-refractivity contribution >= 4 is 16.6 Å². The van der Waals surface area contributed by atoms with Crippen molar-refractivity contribution in [3.05, 3.63) is 42.2 Å². The number of nitrogens with zero attached hydrogens (tertiary/aromatic N) is 1. The maximum Gasteiger partial charge on any atom is 0.181 e. The van der Waals surface area contributed by atoms with E-state index in [9.17, 15) is 4.79 Å². The van der Waals surface area contributed by atoms with Gasteiger partial charge in [-0.15, -0.1) is 0 Å². The van der Waals surface area contributed by atoms with Gasteiger partial charge in [-0.1, -0.05) is 38.1 Å². The molecule has 0 aliphatic heterocycles. The molecular formula is C14H16N2O. The SMILES string of the molecule is CC(C)C(N)C(=O)c1cncc2ccccc12. The Morgan fingerprint density at radius 3 is 2.65 bits per heavy atom. The van der Waals surface area contributed by atoms with Crippen LogP contribution in [0.15, 0.2) is 36.7 Å². The molecule has 0 saturated carbocycles. The van der Waals surface area contributed by atoms with Gasteiger partial charge >= 0.3 is 0 Å². The van der Waals surface area contributed by atoms with Crippen LogP contribution in [0.5, 0.6) is 0 Å². The van der Waals surface area contributed by atoms with Crippen LogP contribution in [0.1, 0.15) is 24.2 Å². The molecule has 88 valence electrons. The Labute approximate surface area is 101 Å². The van der Waals surface area contributed by atoms with E-state index >= 15 is 0 Å². The molecule has 0 amide bonds. The molecule has 2 N–H and O–H groups in total. The second-order valence-corrected chi connectivity index (χ2v) is 4.54. The van der Waals surface area contributed by atoms with Crippen molar-refractivity contribution in [3.8, 4) is 0 Å². The summed E-state index contributed by atoms with van der Waals surface area (Å²) in [5.74, 6) is 0.0887. The third kappa shape index (κ3) is 2.19. The van der Waals surface area contributed by atoms with E-state index in [1.165, 1.54) is 0 Å². The molecule has 0 fully saturated rings. The monoisotopic (exact) mass is 228 g/mol. The van der Waals surface area contributed by atoms with Crippen LogP contribution in [0.4, 0.5) is 0 Å². The van der Waals surface area contributed by atoms with Gasteiger partial charge in [0.1, 0.15) is 0 Å². The molecule has 1 aromatic carbocycles. The largest absolute Gasteiger partial charge is 0.321 e. The van der Waals surface area contributed by atoms with Crippen molar-refractivity contribution < 1.29 is 4.79 Å². The third-order valence-electron chi connectivity index (χ3n) is 2.95. The first-order valence-electron chi connectivity index (χ1n) is 5.74. The molecule has 0 saturated heterocycles. The van der Waals surface area contributed by atoms with E-state index < -0.39 is 6.04 Å². The van der Waals surface area contributed by atoms with Crippen LogP contribution in [0.3, 0.4) is 0 Å². The molecule has 3 nitrogen and oxygen atoms in total. The van der Waals surface area contributed by atoms with E-state index in [4.69, 9.17) is 5.73 Å².